The molecule has 1 aromatic carbocycles. The fourth-order valence-electron chi connectivity index (χ4n) is 1.55. The van der Waals surface area contributed by atoms with E-state index in [-0.39, 0.29) is 21.7 Å². The molecule has 108 valence electrons. The monoisotopic (exact) mass is 324 g/mol. The number of anilines is 1. The fraction of sp³-hybridized carbons (Fsp3) is 0.0769. The molecule has 0 aliphatic heterocycles. The highest BCUT2D eigenvalue weighted by Gasteiger charge is 2.13. The van der Waals surface area contributed by atoms with Gasteiger partial charge in [-0.25, -0.2) is 5.84 Å². The smallest absolute Gasteiger partial charge is 0.240 e. The molecule has 2 aromatic rings. The molecule has 1 heterocycles. The summed E-state index contributed by atoms with van der Waals surface area (Å²) in [4.78, 5) is 4.06. The number of nitrogens with one attached hydrogen (secondary N) is 1. The van der Waals surface area contributed by atoms with Gasteiger partial charge in [0.15, 0.2) is 17.3 Å². The van der Waals surface area contributed by atoms with Gasteiger partial charge in [-0.1, -0.05) is 23.2 Å². The topological polar surface area (TPSA) is 93.2 Å². The summed E-state index contributed by atoms with van der Waals surface area (Å²) in [7, 11) is 1.47. The third kappa shape index (κ3) is 3.28. The first-order valence-corrected chi connectivity index (χ1v) is 6.43. The van der Waals surface area contributed by atoms with Crippen LogP contribution in [0, 0.1) is 11.3 Å². The predicted octanol–water partition coefficient (Wildman–Crippen LogP) is 3.35. The molecule has 0 saturated carbocycles. The number of nitrogen functional groups attached to an aromatic ring is 1. The van der Waals surface area contributed by atoms with Crippen LogP contribution >= 0.6 is 23.2 Å². The Morgan fingerprint density at radius 2 is 2.00 bits per heavy atom. The Morgan fingerprint density at radius 1 is 1.24 bits per heavy atom. The summed E-state index contributed by atoms with van der Waals surface area (Å²) in [5.74, 6) is 6.37. The first kappa shape index (κ1) is 15.2. The van der Waals surface area contributed by atoms with Gasteiger partial charge in [0.1, 0.15) is 5.02 Å². The van der Waals surface area contributed by atoms with Crippen LogP contribution in [-0.4, -0.2) is 12.1 Å². The minimum Gasteiger partial charge on any atom is -0.493 e. The van der Waals surface area contributed by atoms with E-state index in [4.69, 9.17) is 43.8 Å². The highest BCUT2D eigenvalue weighted by molar-refractivity contribution is 6.36. The zero-order valence-corrected chi connectivity index (χ0v) is 12.4. The van der Waals surface area contributed by atoms with E-state index in [2.05, 4.69) is 10.4 Å². The predicted molar refractivity (Wildman–Crippen MR) is 79.9 cm³/mol. The first-order chi connectivity index (χ1) is 10.1. The summed E-state index contributed by atoms with van der Waals surface area (Å²) in [6, 6.07) is 8.18. The van der Waals surface area contributed by atoms with E-state index < -0.39 is 0 Å². The van der Waals surface area contributed by atoms with Crippen LogP contribution in [0.3, 0.4) is 0 Å². The molecule has 3 N–H and O–H groups in total. The number of pyridine rings is 1. The van der Waals surface area contributed by atoms with Gasteiger partial charge in [-0.3, -0.25) is 0 Å². The van der Waals surface area contributed by atoms with Gasteiger partial charge in [0, 0.05) is 6.07 Å². The number of hydrogen-bond acceptors (Lipinski definition) is 6. The molecule has 0 aliphatic carbocycles. The number of hydrazine groups is 1. The van der Waals surface area contributed by atoms with Gasteiger partial charge in [-0.15, -0.1) is 0 Å². The lowest BCUT2D eigenvalue weighted by Crippen LogP contribution is -2.09. The molecule has 0 aliphatic rings. The number of benzene rings is 1. The van der Waals surface area contributed by atoms with Gasteiger partial charge < -0.3 is 14.9 Å². The van der Waals surface area contributed by atoms with Crippen LogP contribution in [0.15, 0.2) is 24.3 Å². The number of hydrogen-bond donors (Lipinski definition) is 2. The number of nitrogens with two attached hydrogens (primary N) is 1. The Bertz CT molecular complexity index is 716. The Morgan fingerprint density at radius 3 is 2.62 bits per heavy atom. The van der Waals surface area contributed by atoms with Crippen molar-refractivity contribution in [1.82, 2.24) is 4.98 Å². The summed E-state index contributed by atoms with van der Waals surface area (Å²) < 4.78 is 10.8. The minimum absolute atomic E-state index is 0.108. The quantitative estimate of drug-likeness (QED) is 0.661. The van der Waals surface area contributed by atoms with Crippen molar-refractivity contribution < 1.29 is 9.47 Å². The second-order valence-corrected chi connectivity index (χ2v) is 4.64. The summed E-state index contributed by atoms with van der Waals surface area (Å²) in [5, 5.41) is 9.34. The van der Waals surface area contributed by atoms with Gasteiger partial charge in [-0.05, 0) is 18.2 Å². The Kier molecular flexibility index (Phi) is 4.70. The van der Waals surface area contributed by atoms with Crippen LogP contribution in [0.2, 0.25) is 10.0 Å². The van der Waals surface area contributed by atoms with Crippen molar-refractivity contribution in [3.05, 3.63) is 39.9 Å². The molecule has 21 heavy (non-hydrogen) atoms. The van der Waals surface area contributed by atoms with E-state index in [1.807, 2.05) is 6.07 Å². The highest BCUT2D eigenvalue weighted by Crippen LogP contribution is 2.37. The summed E-state index contributed by atoms with van der Waals surface area (Å²) in [6.45, 7) is 0. The van der Waals surface area contributed by atoms with Gasteiger partial charge in [0.25, 0.3) is 0 Å². The van der Waals surface area contributed by atoms with Crippen LogP contribution in [0.1, 0.15) is 5.56 Å². The molecule has 6 nitrogen and oxygen atoms in total. The van der Waals surface area contributed by atoms with E-state index in [1.165, 1.54) is 13.2 Å². The van der Waals surface area contributed by atoms with Gasteiger partial charge in [0.2, 0.25) is 5.88 Å². The molecule has 0 spiro atoms. The fourth-order valence-corrected chi connectivity index (χ4v) is 2.00. The Labute approximate surface area is 131 Å². The molecule has 1 aromatic heterocycles. The SMILES string of the molecule is COc1cc(C#N)ccc1Oc1nc(NN)c(Cl)cc1Cl. The highest BCUT2D eigenvalue weighted by atomic mass is 35.5. The van der Waals surface area contributed by atoms with E-state index in [1.54, 1.807) is 18.2 Å². The molecule has 0 radical (unpaired) electrons. The zero-order valence-electron chi connectivity index (χ0n) is 10.9. The summed E-state index contributed by atoms with van der Waals surface area (Å²) in [6.07, 6.45) is 0. The summed E-state index contributed by atoms with van der Waals surface area (Å²) in [5.41, 5.74) is 2.78. The molecule has 0 amide bonds. The van der Waals surface area contributed by atoms with Crippen molar-refractivity contribution in [2.45, 2.75) is 0 Å². The van der Waals surface area contributed by atoms with Crippen molar-refractivity contribution in [3.8, 4) is 23.4 Å². The lowest BCUT2D eigenvalue weighted by Gasteiger charge is -2.12. The van der Waals surface area contributed by atoms with E-state index in [9.17, 15) is 0 Å². The maximum absolute atomic E-state index is 8.86. The second kappa shape index (κ2) is 6.50. The molecule has 0 bridgehead atoms. The van der Waals surface area contributed by atoms with Crippen LogP contribution in [0.4, 0.5) is 5.82 Å². The lowest BCUT2D eigenvalue weighted by atomic mass is 10.2. The first-order valence-electron chi connectivity index (χ1n) is 5.67. The number of nitriles is 1. The van der Waals surface area contributed by atoms with Gasteiger partial charge in [-0.2, -0.15) is 10.2 Å². The maximum Gasteiger partial charge on any atom is 0.240 e. The second-order valence-electron chi connectivity index (χ2n) is 3.83. The number of nitrogens with zero attached hydrogens (tertiary/aromatic N) is 2. The zero-order chi connectivity index (χ0) is 15.4. The number of ether oxygens (including phenoxy) is 2. The van der Waals surface area contributed by atoms with Crippen molar-refractivity contribution in [3.63, 3.8) is 0 Å². The number of aromatic nitrogens is 1. The number of halogens is 2. The molecule has 8 heteroatoms. The molecule has 0 saturated heterocycles. The average Bonchev–Trinajstić information content (AvgIpc) is 2.50. The van der Waals surface area contributed by atoms with Crippen molar-refractivity contribution in [2.24, 2.45) is 5.84 Å². The van der Waals surface area contributed by atoms with Crippen LogP contribution in [0.5, 0.6) is 17.4 Å². The molecule has 0 atom stereocenters. The third-order valence-corrected chi connectivity index (χ3v) is 3.09. The van der Waals surface area contributed by atoms with Crippen LogP contribution in [-0.2, 0) is 0 Å². The van der Waals surface area contributed by atoms with E-state index in [0.29, 0.717) is 17.1 Å². The normalized spacial score (nSPS) is 9.86. The minimum atomic E-state index is 0.108. The third-order valence-electron chi connectivity index (χ3n) is 2.53. The molecular weight excluding hydrogens is 315 g/mol. The molecule has 0 fully saturated rings. The summed E-state index contributed by atoms with van der Waals surface area (Å²) >= 11 is 11.9. The standard InChI is InChI=1S/C13H10Cl2N4O2/c1-20-11-4-7(6-16)2-3-10(11)21-13-9(15)5-8(14)12(18-13)19-17/h2-5H,17H2,1H3,(H,18,19). The Balaban J connectivity index is 2.41. The van der Waals surface area contributed by atoms with Gasteiger partial charge in [0.05, 0.1) is 23.8 Å². The maximum atomic E-state index is 8.86. The van der Waals surface area contributed by atoms with E-state index in [0.717, 1.165) is 0 Å². The van der Waals surface area contributed by atoms with Crippen molar-refractivity contribution in [1.29, 1.82) is 5.26 Å². The Hall–Kier alpha value is -2.20. The molecular formula is C13H10Cl2N4O2. The largest absolute Gasteiger partial charge is 0.493 e. The van der Waals surface area contributed by atoms with Crippen LogP contribution < -0.4 is 20.7 Å². The van der Waals surface area contributed by atoms with Crippen LogP contribution in [0.25, 0.3) is 0 Å². The number of rotatable bonds is 4. The number of methoxy groups -OCH3 is 1. The lowest BCUT2D eigenvalue weighted by molar-refractivity contribution is 0.374. The van der Waals surface area contributed by atoms with Crippen molar-refractivity contribution in [2.75, 3.05) is 12.5 Å². The molecule has 2 rings (SSSR count). The molecule has 0 unspecified atom stereocenters. The van der Waals surface area contributed by atoms with Gasteiger partial charge >= 0.3 is 0 Å². The van der Waals surface area contributed by atoms with Crippen molar-refractivity contribution >= 4 is 29.0 Å². The van der Waals surface area contributed by atoms with E-state index >= 15 is 0 Å². The average molecular weight is 325 g/mol.